The summed E-state index contributed by atoms with van der Waals surface area (Å²) in [6.07, 6.45) is 5.73. The van der Waals surface area contributed by atoms with Crippen molar-refractivity contribution in [2.45, 2.75) is 39.0 Å². The van der Waals surface area contributed by atoms with Crippen molar-refractivity contribution in [2.75, 3.05) is 47.6 Å². The summed E-state index contributed by atoms with van der Waals surface area (Å²) in [5.74, 6) is 2.60. The van der Waals surface area contributed by atoms with Crippen LogP contribution in [-0.2, 0) is 11.2 Å². The maximum atomic E-state index is 5.46. The Kier molecular flexibility index (Phi) is 8.72. The van der Waals surface area contributed by atoms with Crippen molar-refractivity contribution >= 4 is 5.96 Å². The Morgan fingerprint density at radius 1 is 1.15 bits per heavy atom. The Labute approximate surface area is 163 Å². The van der Waals surface area contributed by atoms with Gasteiger partial charge in [0.15, 0.2) is 5.96 Å². The number of hydrogen-bond acceptors (Lipinski definition) is 4. The topological polar surface area (TPSA) is 64.1 Å². The summed E-state index contributed by atoms with van der Waals surface area (Å²) in [5, 5.41) is 6.79. The molecule has 1 saturated carbocycles. The van der Waals surface area contributed by atoms with Gasteiger partial charge in [-0.15, -0.1) is 0 Å². The zero-order chi connectivity index (χ0) is 19.5. The average Bonchev–Trinajstić information content (AvgIpc) is 2.66. The number of nitrogens with one attached hydrogen (secondary N) is 2. The van der Waals surface area contributed by atoms with Crippen molar-refractivity contribution < 1.29 is 14.2 Å². The molecule has 0 amide bonds. The quantitative estimate of drug-likeness (QED) is 0.458. The van der Waals surface area contributed by atoms with Crippen LogP contribution in [0, 0.1) is 5.41 Å². The second-order valence-corrected chi connectivity index (χ2v) is 7.15. The molecule has 6 heteroatoms. The van der Waals surface area contributed by atoms with E-state index in [4.69, 9.17) is 19.2 Å². The molecule has 1 aromatic rings. The lowest BCUT2D eigenvalue weighted by atomic mass is 9.67. The number of methoxy groups -OCH3 is 3. The minimum Gasteiger partial charge on any atom is -0.497 e. The molecule has 1 fully saturated rings. The highest BCUT2D eigenvalue weighted by Crippen LogP contribution is 2.44. The van der Waals surface area contributed by atoms with Crippen LogP contribution >= 0.6 is 0 Å². The third-order valence-electron chi connectivity index (χ3n) is 5.34. The van der Waals surface area contributed by atoms with E-state index in [0.29, 0.717) is 5.41 Å². The van der Waals surface area contributed by atoms with E-state index >= 15 is 0 Å². The number of guanidine groups is 1. The molecule has 6 nitrogen and oxygen atoms in total. The minimum atomic E-state index is 0.328. The van der Waals surface area contributed by atoms with Crippen molar-refractivity contribution in [1.29, 1.82) is 0 Å². The lowest BCUT2D eigenvalue weighted by molar-refractivity contribution is 0.0778. The summed E-state index contributed by atoms with van der Waals surface area (Å²) < 4.78 is 16.1. The molecule has 0 heterocycles. The smallest absolute Gasteiger partial charge is 0.191 e. The van der Waals surface area contributed by atoms with Gasteiger partial charge in [0.1, 0.15) is 11.5 Å². The highest BCUT2D eigenvalue weighted by Gasteiger charge is 2.36. The molecule has 1 aromatic carbocycles. The zero-order valence-corrected chi connectivity index (χ0v) is 17.3. The summed E-state index contributed by atoms with van der Waals surface area (Å²) in [5.41, 5.74) is 1.45. The molecule has 0 unspecified atom stereocenters. The van der Waals surface area contributed by atoms with Gasteiger partial charge in [0.25, 0.3) is 0 Å². The lowest BCUT2D eigenvalue weighted by Crippen LogP contribution is -2.41. The van der Waals surface area contributed by atoms with Gasteiger partial charge in [0, 0.05) is 33.4 Å². The van der Waals surface area contributed by atoms with Crippen molar-refractivity contribution in [1.82, 2.24) is 10.6 Å². The number of ether oxygens (including phenoxy) is 3. The first-order valence-electron chi connectivity index (χ1n) is 9.88. The summed E-state index contributed by atoms with van der Waals surface area (Å²) >= 11 is 0. The fourth-order valence-corrected chi connectivity index (χ4v) is 3.46. The standard InChI is InChI=1S/C21H35N3O3/c1-5-22-20(24-16-21(10-6-11-21)12-14-25-2)23-13-9-17-15-18(26-3)7-8-19(17)27-4/h7-8,15H,5-6,9-14,16H2,1-4H3,(H2,22,23,24). The predicted octanol–water partition coefficient (Wildman–Crippen LogP) is 3.01. The van der Waals surface area contributed by atoms with Crippen molar-refractivity contribution in [2.24, 2.45) is 10.4 Å². The number of rotatable bonds is 11. The van der Waals surface area contributed by atoms with Gasteiger partial charge in [0.05, 0.1) is 14.2 Å². The Bertz CT molecular complexity index is 600. The molecule has 2 rings (SSSR count). The van der Waals surface area contributed by atoms with Gasteiger partial charge in [-0.1, -0.05) is 6.42 Å². The number of hydrogen-bond donors (Lipinski definition) is 2. The molecule has 0 radical (unpaired) electrons. The molecule has 27 heavy (non-hydrogen) atoms. The van der Waals surface area contributed by atoms with Gasteiger partial charge >= 0.3 is 0 Å². The Morgan fingerprint density at radius 3 is 2.56 bits per heavy atom. The van der Waals surface area contributed by atoms with Gasteiger partial charge < -0.3 is 24.8 Å². The molecule has 0 spiro atoms. The van der Waals surface area contributed by atoms with Crippen molar-refractivity contribution in [3.05, 3.63) is 23.8 Å². The van der Waals surface area contributed by atoms with Crippen LogP contribution in [0.4, 0.5) is 0 Å². The second kappa shape index (κ2) is 11.0. The van der Waals surface area contributed by atoms with E-state index in [0.717, 1.165) is 62.1 Å². The number of benzene rings is 1. The van der Waals surface area contributed by atoms with Crippen LogP contribution in [-0.4, -0.2) is 53.5 Å². The SMILES string of the molecule is CCNC(=NCC1(CCOC)CCC1)NCCc1cc(OC)ccc1OC. The molecule has 0 aromatic heterocycles. The number of nitrogens with zero attached hydrogens (tertiary/aromatic N) is 1. The maximum absolute atomic E-state index is 5.46. The van der Waals surface area contributed by atoms with Crippen LogP contribution in [0.3, 0.4) is 0 Å². The first kappa shape index (κ1) is 21.4. The molecule has 2 N–H and O–H groups in total. The fraction of sp³-hybridized carbons (Fsp3) is 0.667. The fourth-order valence-electron chi connectivity index (χ4n) is 3.46. The zero-order valence-electron chi connectivity index (χ0n) is 17.3. The molecular weight excluding hydrogens is 342 g/mol. The Balaban J connectivity index is 1.92. The Morgan fingerprint density at radius 2 is 1.96 bits per heavy atom. The second-order valence-electron chi connectivity index (χ2n) is 7.15. The Hall–Kier alpha value is -1.95. The van der Waals surface area contributed by atoms with Crippen molar-refractivity contribution in [3.8, 4) is 11.5 Å². The summed E-state index contributed by atoms with van der Waals surface area (Å²) in [4.78, 5) is 4.85. The molecule has 152 valence electrons. The van der Waals surface area contributed by atoms with Gasteiger partial charge in [-0.25, -0.2) is 0 Å². The van der Waals surface area contributed by atoms with Gasteiger partial charge in [-0.3, -0.25) is 4.99 Å². The van der Waals surface area contributed by atoms with Crippen LogP contribution in [0.25, 0.3) is 0 Å². The predicted molar refractivity (Wildman–Crippen MR) is 110 cm³/mol. The highest BCUT2D eigenvalue weighted by atomic mass is 16.5. The highest BCUT2D eigenvalue weighted by molar-refractivity contribution is 5.79. The molecule has 0 bridgehead atoms. The summed E-state index contributed by atoms with van der Waals surface area (Å²) in [7, 11) is 5.15. The molecule has 0 saturated heterocycles. The minimum absolute atomic E-state index is 0.328. The lowest BCUT2D eigenvalue weighted by Gasteiger charge is -2.40. The van der Waals surface area contributed by atoms with E-state index in [1.54, 1.807) is 21.3 Å². The third-order valence-corrected chi connectivity index (χ3v) is 5.34. The summed E-state index contributed by atoms with van der Waals surface area (Å²) in [6.45, 7) is 5.38. The molecule has 1 aliphatic carbocycles. The van der Waals surface area contributed by atoms with E-state index in [1.807, 2.05) is 18.2 Å². The first-order chi connectivity index (χ1) is 13.2. The van der Waals surface area contributed by atoms with Crippen molar-refractivity contribution in [3.63, 3.8) is 0 Å². The first-order valence-corrected chi connectivity index (χ1v) is 9.88. The van der Waals surface area contributed by atoms with E-state index < -0.39 is 0 Å². The van der Waals surface area contributed by atoms with Gasteiger partial charge in [-0.2, -0.15) is 0 Å². The van der Waals surface area contributed by atoms with Crippen LogP contribution in [0.1, 0.15) is 38.2 Å². The third kappa shape index (κ3) is 6.31. The van der Waals surface area contributed by atoms with Crippen LogP contribution in [0.5, 0.6) is 11.5 Å². The van der Waals surface area contributed by atoms with Gasteiger partial charge in [0.2, 0.25) is 0 Å². The largest absolute Gasteiger partial charge is 0.497 e. The number of aliphatic imine (C=N–C) groups is 1. The molecule has 0 aliphatic heterocycles. The van der Waals surface area contributed by atoms with E-state index in [1.165, 1.54) is 19.3 Å². The van der Waals surface area contributed by atoms with Gasteiger partial charge in [-0.05, 0) is 61.8 Å². The normalized spacial score (nSPS) is 15.8. The van der Waals surface area contributed by atoms with Crippen LogP contribution in [0.15, 0.2) is 23.2 Å². The average molecular weight is 378 g/mol. The molecule has 0 atom stereocenters. The maximum Gasteiger partial charge on any atom is 0.191 e. The monoisotopic (exact) mass is 377 g/mol. The molecule has 1 aliphatic rings. The van der Waals surface area contributed by atoms with E-state index in [-0.39, 0.29) is 0 Å². The van der Waals surface area contributed by atoms with Crippen LogP contribution in [0.2, 0.25) is 0 Å². The van der Waals surface area contributed by atoms with Crippen LogP contribution < -0.4 is 20.1 Å². The van der Waals surface area contributed by atoms with E-state index in [2.05, 4.69) is 17.6 Å². The van der Waals surface area contributed by atoms with E-state index in [9.17, 15) is 0 Å². The molecular formula is C21H35N3O3. The summed E-state index contributed by atoms with van der Waals surface area (Å²) in [6, 6.07) is 5.89.